The van der Waals surface area contributed by atoms with E-state index in [4.69, 9.17) is 0 Å². The fourth-order valence-electron chi connectivity index (χ4n) is 6.42. The summed E-state index contributed by atoms with van der Waals surface area (Å²) >= 11 is 0. The quantitative estimate of drug-likeness (QED) is 0.225. The van der Waals surface area contributed by atoms with Crippen LogP contribution in [0.4, 0.5) is 0 Å². The molecule has 0 saturated heterocycles. The molecule has 0 N–H and O–H groups in total. The first-order chi connectivity index (χ1) is 19.0. The van der Waals surface area contributed by atoms with Crippen molar-refractivity contribution in [1.29, 1.82) is 0 Å². The lowest BCUT2D eigenvalue weighted by atomic mass is 9.67. The number of carbonyl (C=O) groups is 2. The van der Waals surface area contributed by atoms with Crippen LogP contribution in [0.2, 0.25) is 0 Å². The molecule has 0 aliphatic heterocycles. The fraction of sp³-hybridized carbons (Fsp3) is 0.0811. The first-order valence-corrected chi connectivity index (χ1v) is 13.3. The van der Waals surface area contributed by atoms with Gasteiger partial charge in [-0.15, -0.1) is 0 Å². The maximum Gasteiger partial charge on any atom is 0.159 e. The molecule has 1 aliphatic rings. The van der Waals surface area contributed by atoms with Gasteiger partial charge < -0.3 is 0 Å². The van der Waals surface area contributed by atoms with Crippen molar-refractivity contribution in [3.8, 4) is 11.1 Å². The average molecular weight is 503 g/mol. The molecule has 0 amide bonds. The second kappa shape index (κ2) is 8.61. The molecule has 186 valence electrons. The number of fused-ring (bicyclic) bond motifs is 5. The van der Waals surface area contributed by atoms with Gasteiger partial charge >= 0.3 is 0 Å². The lowest BCUT2D eigenvalue weighted by Gasteiger charge is -2.34. The molecular weight excluding hydrogens is 476 g/mol. The van der Waals surface area contributed by atoms with Gasteiger partial charge in [0.2, 0.25) is 0 Å². The van der Waals surface area contributed by atoms with Gasteiger partial charge in [0, 0.05) is 11.1 Å². The third-order valence-electron chi connectivity index (χ3n) is 8.31. The minimum Gasteiger partial charge on any atom is -0.295 e. The van der Waals surface area contributed by atoms with Crippen molar-refractivity contribution in [2.75, 3.05) is 0 Å². The maximum absolute atomic E-state index is 12.0. The van der Waals surface area contributed by atoms with Crippen molar-refractivity contribution in [1.82, 2.24) is 0 Å². The highest BCUT2D eigenvalue weighted by Crippen LogP contribution is 2.56. The van der Waals surface area contributed by atoms with Crippen LogP contribution < -0.4 is 0 Å². The Kier molecular flexibility index (Phi) is 5.14. The summed E-state index contributed by atoms with van der Waals surface area (Å²) in [5.41, 5.74) is 8.29. The molecule has 0 atom stereocenters. The van der Waals surface area contributed by atoms with Crippen LogP contribution in [-0.4, -0.2) is 11.6 Å². The Hall–Kier alpha value is -4.82. The molecule has 0 heterocycles. The Labute approximate surface area is 227 Å². The lowest BCUT2D eigenvalue weighted by molar-refractivity contribution is 0.100. The number of ketones is 2. The summed E-state index contributed by atoms with van der Waals surface area (Å²) in [6, 6.07) is 42.6. The molecule has 1 aliphatic carbocycles. The van der Waals surface area contributed by atoms with E-state index in [0.29, 0.717) is 0 Å². The summed E-state index contributed by atoms with van der Waals surface area (Å²) in [6.07, 6.45) is 0. The summed E-state index contributed by atoms with van der Waals surface area (Å²) in [7, 11) is 0. The Morgan fingerprint density at radius 3 is 1.28 bits per heavy atom. The van der Waals surface area contributed by atoms with Gasteiger partial charge in [-0.25, -0.2) is 0 Å². The highest BCUT2D eigenvalue weighted by Gasteiger charge is 2.46. The number of rotatable bonds is 4. The van der Waals surface area contributed by atoms with Gasteiger partial charge in [0.1, 0.15) is 0 Å². The van der Waals surface area contributed by atoms with Gasteiger partial charge in [0.05, 0.1) is 5.41 Å². The van der Waals surface area contributed by atoms with E-state index in [0.717, 1.165) is 32.7 Å². The molecule has 39 heavy (non-hydrogen) atoms. The minimum atomic E-state index is -0.520. The lowest BCUT2D eigenvalue weighted by Crippen LogP contribution is -2.28. The topological polar surface area (TPSA) is 34.1 Å². The molecule has 0 radical (unpaired) electrons. The van der Waals surface area contributed by atoms with E-state index in [2.05, 4.69) is 97.1 Å². The van der Waals surface area contributed by atoms with Crippen LogP contribution in [0.15, 0.2) is 121 Å². The van der Waals surface area contributed by atoms with Crippen molar-refractivity contribution in [3.63, 3.8) is 0 Å². The molecule has 2 nitrogen and oxygen atoms in total. The maximum atomic E-state index is 12.0. The van der Waals surface area contributed by atoms with Crippen molar-refractivity contribution in [2.45, 2.75) is 19.3 Å². The first kappa shape index (κ1) is 23.3. The van der Waals surface area contributed by atoms with Crippen LogP contribution >= 0.6 is 0 Å². The van der Waals surface area contributed by atoms with E-state index < -0.39 is 5.41 Å². The van der Waals surface area contributed by atoms with E-state index in [1.54, 1.807) is 13.8 Å². The van der Waals surface area contributed by atoms with Gasteiger partial charge in [-0.05, 0) is 93.0 Å². The molecule has 2 heteroatoms. The van der Waals surface area contributed by atoms with E-state index in [1.165, 1.54) is 33.4 Å². The largest absolute Gasteiger partial charge is 0.295 e. The van der Waals surface area contributed by atoms with E-state index in [-0.39, 0.29) is 11.6 Å². The van der Waals surface area contributed by atoms with Gasteiger partial charge in [-0.1, -0.05) is 97.1 Å². The second-order valence-electron chi connectivity index (χ2n) is 10.5. The monoisotopic (exact) mass is 502 g/mol. The van der Waals surface area contributed by atoms with Crippen LogP contribution in [-0.2, 0) is 5.41 Å². The zero-order chi connectivity index (χ0) is 26.7. The molecule has 7 rings (SSSR count). The van der Waals surface area contributed by atoms with Crippen LogP contribution in [0.5, 0.6) is 0 Å². The molecule has 0 saturated carbocycles. The Balaban J connectivity index is 1.56. The normalized spacial score (nSPS) is 13.3. The summed E-state index contributed by atoms with van der Waals surface area (Å²) in [5.74, 6) is 0.139. The third kappa shape index (κ3) is 3.42. The molecule has 6 aromatic carbocycles. The van der Waals surface area contributed by atoms with Crippen LogP contribution in [0.25, 0.3) is 32.7 Å². The van der Waals surface area contributed by atoms with Crippen molar-refractivity contribution < 1.29 is 9.59 Å². The van der Waals surface area contributed by atoms with Crippen molar-refractivity contribution >= 4 is 33.1 Å². The Bertz CT molecular complexity index is 1830. The van der Waals surface area contributed by atoms with Crippen molar-refractivity contribution in [3.05, 3.63) is 155 Å². The first-order valence-electron chi connectivity index (χ1n) is 13.3. The summed E-state index contributed by atoms with van der Waals surface area (Å²) in [5, 5.41) is 4.31. The predicted octanol–water partition coefficient (Wildman–Crippen LogP) is 8.76. The zero-order valence-electron chi connectivity index (χ0n) is 21.9. The minimum absolute atomic E-state index is 0.0696. The van der Waals surface area contributed by atoms with Gasteiger partial charge in [0.25, 0.3) is 0 Å². The molecule has 0 unspecified atom stereocenters. The average Bonchev–Trinajstić information content (AvgIpc) is 3.27. The standard InChI is InChI=1S/C37H26O2/c1-23(38)25-11-13-29-21-31(17-15-27(29)19-25)37(32-18-16-28-20-26(24(2)39)12-14-30(28)22-32)35-9-5-3-7-33(35)34-8-4-6-10-36(34)37/h3-22H,1-2H3. The molecule has 0 fully saturated rings. The summed E-state index contributed by atoms with van der Waals surface area (Å²) in [4.78, 5) is 24.0. The molecular formula is C37H26O2. The molecule has 0 aromatic heterocycles. The second-order valence-corrected chi connectivity index (χ2v) is 10.5. The number of hydrogen-bond donors (Lipinski definition) is 0. The Morgan fingerprint density at radius 2 is 0.846 bits per heavy atom. The van der Waals surface area contributed by atoms with Crippen molar-refractivity contribution in [2.24, 2.45) is 0 Å². The van der Waals surface area contributed by atoms with Crippen LogP contribution in [0.3, 0.4) is 0 Å². The Morgan fingerprint density at radius 1 is 0.462 bits per heavy atom. The van der Waals surface area contributed by atoms with Crippen LogP contribution in [0, 0.1) is 0 Å². The number of Topliss-reactive ketones (excluding diaryl/α,β-unsaturated/α-hetero) is 2. The van der Waals surface area contributed by atoms with Gasteiger partial charge in [-0.3, -0.25) is 9.59 Å². The third-order valence-corrected chi connectivity index (χ3v) is 8.31. The van der Waals surface area contributed by atoms with E-state index >= 15 is 0 Å². The molecule has 6 aromatic rings. The van der Waals surface area contributed by atoms with Gasteiger partial charge in [0.15, 0.2) is 11.6 Å². The van der Waals surface area contributed by atoms with Gasteiger partial charge in [-0.2, -0.15) is 0 Å². The number of carbonyl (C=O) groups excluding carboxylic acids is 2. The van der Waals surface area contributed by atoms with E-state index in [9.17, 15) is 9.59 Å². The fourth-order valence-corrected chi connectivity index (χ4v) is 6.42. The number of benzene rings is 6. The highest BCUT2D eigenvalue weighted by molar-refractivity contribution is 6.00. The smallest absolute Gasteiger partial charge is 0.159 e. The molecule has 0 spiro atoms. The summed E-state index contributed by atoms with van der Waals surface area (Å²) < 4.78 is 0. The number of hydrogen-bond acceptors (Lipinski definition) is 2. The van der Waals surface area contributed by atoms with Crippen LogP contribution in [0.1, 0.15) is 56.8 Å². The van der Waals surface area contributed by atoms with E-state index in [1.807, 2.05) is 24.3 Å². The SMILES string of the molecule is CC(=O)c1ccc2cc(C3(c4ccc5cc(C(C)=O)ccc5c4)c4ccccc4-c4ccccc43)ccc2c1. The predicted molar refractivity (Wildman–Crippen MR) is 159 cm³/mol. The summed E-state index contributed by atoms with van der Waals surface area (Å²) in [6.45, 7) is 3.21. The zero-order valence-corrected chi connectivity index (χ0v) is 21.9. The molecule has 0 bridgehead atoms. The highest BCUT2D eigenvalue weighted by atomic mass is 16.1.